The van der Waals surface area contributed by atoms with Crippen molar-refractivity contribution in [1.29, 1.82) is 0 Å². The van der Waals surface area contributed by atoms with Gasteiger partial charge in [0.2, 0.25) is 5.91 Å². The van der Waals surface area contributed by atoms with Gasteiger partial charge in [0.25, 0.3) is 0 Å². The van der Waals surface area contributed by atoms with Crippen molar-refractivity contribution in [3.05, 3.63) is 65.5 Å². The van der Waals surface area contributed by atoms with E-state index in [2.05, 4.69) is 16.3 Å². The second-order valence-electron chi connectivity index (χ2n) is 6.65. The van der Waals surface area contributed by atoms with Crippen LogP contribution in [0, 0.1) is 5.82 Å². The minimum Gasteiger partial charge on any atom is -0.497 e. The van der Waals surface area contributed by atoms with E-state index >= 15 is 0 Å². The molecular weight excluding hydrogens is 331 g/mol. The second-order valence-corrected chi connectivity index (χ2v) is 6.65. The molecule has 2 aromatic rings. The Labute approximate surface area is 154 Å². The third-order valence-corrected chi connectivity index (χ3v) is 4.81. The smallest absolute Gasteiger partial charge is 0.224 e. The number of hydrogen-bond acceptors (Lipinski definition) is 3. The average Bonchev–Trinajstić information content (AvgIpc) is 3.16. The Kier molecular flexibility index (Phi) is 6.23. The Morgan fingerprint density at radius 3 is 2.69 bits per heavy atom. The molecule has 2 aromatic carbocycles. The topological polar surface area (TPSA) is 41.6 Å². The molecule has 1 atom stereocenters. The van der Waals surface area contributed by atoms with Gasteiger partial charge in [0.1, 0.15) is 11.6 Å². The number of halogens is 1. The lowest BCUT2D eigenvalue weighted by molar-refractivity contribution is -0.120. The van der Waals surface area contributed by atoms with Gasteiger partial charge in [-0.3, -0.25) is 9.69 Å². The summed E-state index contributed by atoms with van der Waals surface area (Å²) in [6.07, 6.45) is 2.54. The Hall–Kier alpha value is -2.40. The van der Waals surface area contributed by atoms with Crippen molar-refractivity contribution in [1.82, 2.24) is 10.2 Å². The van der Waals surface area contributed by atoms with E-state index < -0.39 is 0 Å². The fourth-order valence-electron chi connectivity index (χ4n) is 3.47. The lowest BCUT2D eigenvalue weighted by Gasteiger charge is -2.28. The van der Waals surface area contributed by atoms with Crippen LogP contribution in [0.2, 0.25) is 0 Å². The number of nitrogens with zero attached hydrogens (tertiary/aromatic N) is 1. The summed E-state index contributed by atoms with van der Waals surface area (Å²) >= 11 is 0. The fraction of sp³-hybridized carbons (Fsp3) is 0.381. The normalized spacial score (nSPS) is 15.6. The zero-order valence-electron chi connectivity index (χ0n) is 15.1. The van der Waals surface area contributed by atoms with Gasteiger partial charge in [-0.1, -0.05) is 24.3 Å². The maximum absolute atomic E-state index is 13.3. The van der Waals surface area contributed by atoms with Gasteiger partial charge in [0, 0.05) is 6.54 Å². The Morgan fingerprint density at radius 1 is 1.19 bits per heavy atom. The van der Waals surface area contributed by atoms with Gasteiger partial charge in [-0.25, -0.2) is 4.39 Å². The highest BCUT2D eigenvalue weighted by atomic mass is 19.1. The summed E-state index contributed by atoms with van der Waals surface area (Å²) in [4.78, 5) is 14.7. The molecule has 0 aliphatic carbocycles. The number of carbonyl (C=O) groups is 1. The largest absolute Gasteiger partial charge is 0.497 e. The number of carbonyl (C=O) groups excluding carboxylic acids is 1. The van der Waals surface area contributed by atoms with Crippen LogP contribution in [-0.2, 0) is 11.2 Å². The van der Waals surface area contributed by atoms with Crippen LogP contribution in [0.5, 0.6) is 5.75 Å². The summed E-state index contributed by atoms with van der Waals surface area (Å²) in [5.41, 5.74) is 1.82. The highest BCUT2D eigenvalue weighted by molar-refractivity contribution is 5.78. The van der Waals surface area contributed by atoms with Gasteiger partial charge in [0.15, 0.2) is 0 Å². The van der Waals surface area contributed by atoms with Crippen LogP contribution in [0.3, 0.4) is 0 Å². The van der Waals surface area contributed by atoms with E-state index in [1.165, 1.54) is 25.0 Å². The predicted molar refractivity (Wildman–Crippen MR) is 99.7 cm³/mol. The molecule has 4 nitrogen and oxygen atoms in total. The van der Waals surface area contributed by atoms with Gasteiger partial charge in [-0.2, -0.15) is 0 Å². The number of ether oxygens (including phenoxy) is 1. The number of likely N-dealkylation sites (tertiary alicyclic amines) is 1. The Bertz CT molecular complexity index is 744. The van der Waals surface area contributed by atoms with Crippen LogP contribution in [0.15, 0.2) is 48.5 Å². The van der Waals surface area contributed by atoms with E-state index in [-0.39, 0.29) is 24.2 Å². The van der Waals surface area contributed by atoms with Crippen LogP contribution in [0.1, 0.15) is 30.0 Å². The van der Waals surface area contributed by atoms with Crippen LogP contribution in [0.4, 0.5) is 4.39 Å². The fourth-order valence-corrected chi connectivity index (χ4v) is 3.47. The van der Waals surface area contributed by atoms with Gasteiger partial charge < -0.3 is 10.1 Å². The molecule has 26 heavy (non-hydrogen) atoms. The van der Waals surface area contributed by atoms with Crippen LogP contribution >= 0.6 is 0 Å². The number of methoxy groups -OCH3 is 1. The van der Waals surface area contributed by atoms with Gasteiger partial charge in [0.05, 0.1) is 19.6 Å². The van der Waals surface area contributed by atoms with Crippen molar-refractivity contribution in [2.45, 2.75) is 25.3 Å². The first-order valence-electron chi connectivity index (χ1n) is 9.05. The standard InChI is InChI=1S/C21H25FN2O2/c1-26-19-9-5-7-17(14-19)20(24-10-2-3-11-24)15-23-21(25)13-16-6-4-8-18(22)12-16/h4-9,12,14,20H,2-3,10-11,13,15H2,1H3,(H,23,25). The first-order valence-corrected chi connectivity index (χ1v) is 9.05. The predicted octanol–water partition coefficient (Wildman–Crippen LogP) is 3.33. The number of rotatable bonds is 7. The van der Waals surface area contributed by atoms with Gasteiger partial charge in [-0.05, 0) is 61.3 Å². The molecule has 138 valence electrons. The molecule has 1 aliphatic rings. The van der Waals surface area contributed by atoms with Crippen LogP contribution in [0.25, 0.3) is 0 Å². The molecule has 1 amide bonds. The summed E-state index contributed by atoms with van der Waals surface area (Å²) in [5, 5.41) is 3.02. The van der Waals surface area contributed by atoms with E-state index in [9.17, 15) is 9.18 Å². The van der Waals surface area contributed by atoms with Crippen molar-refractivity contribution >= 4 is 5.91 Å². The van der Waals surface area contributed by atoms with Gasteiger partial charge in [-0.15, -0.1) is 0 Å². The molecule has 0 spiro atoms. The van der Waals surface area contributed by atoms with Gasteiger partial charge >= 0.3 is 0 Å². The average molecular weight is 356 g/mol. The van der Waals surface area contributed by atoms with Crippen LogP contribution < -0.4 is 10.1 Å². The monoisotopic (exact) mass is 356 g/mol. The zero-order chi connectivity index (χ0) is 18.4. The Balaban J connectivity index is 1.66. The number of nitrogens with one attached hydrogen (secondary N) is 1. The second kappa shape index (κ2) is 8.81. The molecule has 0 radical (unpaired) electrons. The molecule has 1 saturated heterocycles. The first-order chi connectivity index (χ1) is 12.7. The maximum atomic E-state index is 13.3. The summed E-state index contributed by atoms with van der Waals surface area (Å²) in [7, 11) is 1.66. The number of hydrogen-bond donors (Lipinski definition) is 1. The van der Waals surface area contributed by atoms with E-state index in [0.29, 0.717) is 12.1 Å². The minimum absolute atomic E-state index is 0.0947. The molecule has 5 heteroatoms. The molecular formula is C21H25FN2O2. The highest BCUT2D eigenvalue weighted by Crippen LogP contribution is 2.27. The van der Waals surface area contributed by atoms with Crippen molar-refractivity contribution < 1.29 is 13.9 Å². The molecule has 0 bridgehead atoms. The van der Waals surface area contributed by atoms with E-state index in [4.69, 9.17) is 4.74 Å². The molecule has 1 N–H and O–H groups in total. The maximum Gasteiger partial charge on any atom is 0.224 e. The zero-order valence-corrected chi connectivity index (χ0v) is 15.1. The van der Waals surface area contributed by atoms with Crippen molar-refractivity contribution in [3.8, 4) is 5.75 Å². The quantitative estimate of drug-likeness (QED) is 0.827. The summed E-state index contributed by atoms with van der Waals surface area (Å²) in [5.74, 6) is 0.405. The minimum atomic E-state index is -0.318. The lowest BCUT2D eigenvalue weighted by atomic mass is 10.0. The number of benzene rings is 2. The van der Waals surface area contributed by atoms with Crippen LogP contribution in [-0.4, -0.2) is 37.6 Å². The molecule has 1 unspecified atom stereocenters. The number of amides is 1. The third-order valence-electron chi connectivity index (χ3n) is 4.81. The van der Waals surface area contributed by atoms with E-state index in [1.807, 2.05) is 18.2 Å². The molecule has 3 rings (SSSR count). The first kappa shape index (κ1) is 18.4. The SMILES string of the molecule is COc1cccc(C(CNC(=O)Cc2cccc(F)c2)N2CCCC2)c1. The van der Waals surface area contributed by atoms with Crippen molar-refractivity contribution in [2.24, 2.45) is 0 Å². The molecule has 1 heterocycles. The highest BCUT2D eigenvalue weighted by Gasteiger charge is 2.24. The molecule has 0 saturated carbocycles. The molecule has 1 fully saturated rings. The van der Waals surface area contributed by atoms with Crippen molar-refractivity contribution in [2.75, 3.05) is 26.7 Å². The Morgan fingerprint density at radius 2 is 1.96 bits per heavy atom. The molecule has 0 aromatic heterocycles. The third kappa shape index (κ3) is 4.82. The molecule has 1 aliphatic heterocycles. The van der Waals surface area contributed by atoms with Crippen molar-refractivity contribution in [3.63, 3.8) is 0 Å². The lowest BCUT2D eigenvalue weighted by Crippen LogP contribution is -2.37. The summed E-state index contributed by atoms with van der Waals surface area (Å²) in [6, 6.07) is 14.3. The van der Waals surface area contributed by atoms with E-state index in [1.54, 1.807) is 19.2 Å². The summed E-state index contributed by atoms with van der Waals surface area (Å²) in [6.45, 7) is 2.59. The summed E-state index contributed by atoms with van der Waals surface area (Å²) < 4.78 is 18.6. The van der Waals surface area contributed by atoms with E-state index in [0.717, 1.165) is 24.4 Å².